The highest BCUT2D eigenvalue weighted by Crippen LogP contribution is 2.29. The first-order valence-corrected chi connectivity index (χ1v) is 10.1. The summed E-state index contributed by atoms with van der Waals surface area (Å²) in [7, 11) is 0. The number of ether oxygens (including phenoxy) is 2. The average Bonchev–Trinajstić information content (AvgIpc) is 2.81. The Morgan fingerprint density at radius 2 is 1.88 bits per heavy atom. The second kappa shape index (κ2) is 9.56. The summed E-state index contributed by atoms with van der Waals surface area (Å²) in [6, 6.07) is 10.9. The first kappa shape index (κ1) is 22.7. The zero-order valence-electron chi connectivity index (χ0n) is 17.6. The van der Waals surface area contributed by atoms with Crippen LogP contribution in [0.5, 0.6) is 23.0 Å². The predicted octanol–water partition coefficient (Wildman–Crippen LogP) is 4.61. The van der Waals surface area contributed by atoms with E-state index in [2.05, 4.69) is 20.0 Å². The SMILES string of the molecule is [C-]#[N+]c1cc(Cl)cc(Oc2c(C)ncn(Cc3cc(Oc4ccc(F)cc4)c(=O)[nH]n3)c2=O)c1. The Labute approximate surface area is 196 Å². The normalized spacial score (nSPS) is 10.5. The van der Waals surface area contributed by atoms with Gasteiger partial charge in [-0.05, 0) is 49.4 Å². The molecule has 2 heterocycles. The highest BCUT2D eigenvalue weighted by molar-refractivity contribution is 6.31. The van der Waals surface area contributed by atoms with Gasteiger partial charge in [0, 0.05) is 11.1 Å². The van der Waals surface area contributed by atoms with Crippen LogP contribution in [0.3, 0.4) is 0 Å². The molecule has 2 aromatic carbocycles. The van der Waals surface area contributed by atoms with E-state index in [0.29, 0.717) is 11.4 Å². The number of H-pyrrole nitrogens is 1. The zero-order valence-corrected chi connectivity index (χ0v) is 18.3. The molecule has 0 bridgehead atoms. The Kier molecular flexibility index (Phi) is 6.38. The fraction of sp³-hybridized carbons (Fsp3) is 0.0870. The number of halogens is 2. The van der Waals surface area contributed by atoms with Gasteiger partial charge in [0.15, 0.2) is 11.4 Å². The van der Waals surface area contributed by atoms with Gasteiger partial charge in [0.2, 0.25) is 5.75 Å². The number of aromatic nitrogens is 4. The molecule has 0 fully saturated rings. The van der Waals surface area contributed by atoms with E-state index in [1.807, 2.05) is 0 Å². The van der Waals surface area contributed by atoms with E-state index in [9.17, 15) is 14.0 Å². The monoisotopic (exact) mass is 479 g/mol. The standard InChI is InChI=1S/C23H15ClFN5O4/c1-13-21(34-19-8-14(24)7-16(9-19)26-2)23(32)30(12-27-13)11-17-10-20(22(31)29-28-17)33-18-5-3-15(25)4-6-18/h3-10,12H,11H2,1H3,(H,29,31). The Morgan fingerprint density at radius 1 is 1.12 bits per heavy atom. The molecule has 4 aromatic rings. The maximum Gasteiger partial charge on any atom is 0.307 e. The molecule has 34 heavy (non-hydrogen) atoms. The van der Waals surface area contributed by atoms with Crippen molar-refractivity contribution in [3.63, 3.8) is 0 Å². The summed E-state index contributed by atoms with van der Waals surface area (Å²) in [5, 5.41) is 6.54. The quantitative estimate of drug-likeness (QED) is 0.405. The molecule has 11 heteroatoms. The van der Waals surface area contributed by atoms with E-state index < -0.39 is 16.9 Å². The molecular formula is C23H15ClFN5O4. The second-order valence-electron chi connectivity index (χ2n) is 7.06. The predicted molar refractivity (Wildman–Crippen MR) is 121 cm³/mol. The van der Waals surface area contributed by atoms with Crippen LogP contribution in [0.15, 0.2) is 64.4 Å². The summed E-state index contributed by atoms with van der Waals surface area (Å²) in [5.74, 6) is -0.0895. The van der Waals surface area contributed by atoms with Gasteiger partial charge < -0.3 is 9.47 Å². The van der Waals surface area contributed by atoms with Crippen molar-refractivity contribution >= 4 is 17.3 Å². The number of rotatable bonds is 6. The van der Waals surface area contributed by atoms with Crippen LogP contribution in [0, 0.1) is 19.3 Å². The topological polar surface area (TPSA) is 103 Å². The van der Waals surface area contributed by atoms with Crippen LogP contribution in [0.2, 0.25) is 5.02 Å². The number of hydrogen-bond acceptors (Lipinski definition) is 6. The first-order chi connectivity index (χ1) is 16.3. The number of benzene rings is 2. The molecule has 170 valence electrons. The van der Waals surface area contributed by atoms with Crippen molar-refractivity contribution < 1.29 is 13.9 Å². The fourth-order valence-corrected chi connectivity index (χ4v) is 3.18. The lowest BCUT2D eigenvalue weighted by atomic mass is 10.3. The minimum atomic E-state index is -0.594. The molecule has 9 nitrogen and oxygen atoms in total. The minimum Gasteiger partial charge on any atom is -0.451 e. The van der Waals surface area contributed by atoms with Gasteiger partial charge >= 0.3 is 5.56 Å². The van der Waals surface area contributed by atoms with E-state index in [0.717, 1.165) is 0 Å². The largest absolute Gasteiger partial charge is 0.451 e. The Balaban J connectivity index is 1.62. The van der Waals surface area contributed by atoms with E-state index >= 15 is 0 Å². The van der Waals surface area contributed by atoms with Gasteiger partial charge in [0.05, 0.1) is 30.8 Å². The summed E-state index contributed by atoms with van der Waals surface area (Å²) < 4.78 is 25.6. The van der Waals surface area contributed by atoms with Crippen molar-refractivity contribution in [3.05, 3.63) is 109 Å². The molecular weight excluding hydrogens is 465 g/mol. The maximum absolute atomic E-state index is 13.1. The van der Waals surface area contributed by atoms with Gasteiger partial charge in [-0.25, -0.2) is 19.3 Å². The summed E-state index contributed by atoms with van der Waals surface area (Å²) in [4.78, 5) is 32.7. The molecule has 2 aromatic heterocycles. The third-order valence-corrected chi connectivity index (χ3v) is 4.79. The molecule has 0 spiro atoms. The second-order valence-corrected chi connectivity index (χ2v) is 7.50. The highest BCUT2D eigenvalue weighted by atomic mass is 35.5. The zero-order chi connectivity index (χ0) is 24.2. The third-order valence-electron chi connectivity index (χ3n) is 4.58. The summed E-state index contributed by atoms with van der Waals surface area (Å²) in [5.41, 5.74) is -0.210. The lowest BCUT2D eigenvalue weighted by molar-refractivity contribution is 0.456. The molecule has 0 saturated heterocycles. The van der Waals surface area contributed by atoms with Crippen molar-refractivity contribution in [3.8, 4) is 23.0 Å². The Bertz CT molecular complexity index is 1530. The molecule has 0 radical (unpaired) electrons. The van der Waals surface area contributed by atoms with Gasteiger partial charge in [0.1, 0.15) is 17.3 Å². The van der Waals surface area contributed by atoms with Crippen LogP contribution in [-0.2, 0) is 6.54 Å². The highest BCUT2D eigenvalue weighted by Gasteiger charge is 2.14. The average molecular weight is 480 g/mol. The Hall–Kier alpha value is -4.49. The van der Waals surface area contributed by atoms with Gasteiger partial charge in [-0.15, -0.1) is 0 Å². The van der Waals surface area contributed by atoms with Crippen molar-refractivity contribution in [2.45, 2.75) is 13.5 Å². The molecule has 0 aliphatic carbocycles. The number of nitrogens with one attached hydrogen (secondary N) is 1. The molecule has 0 aliphatic rings. The van der Waals surface area contributed by atoms with Gasteiger partial charge in [0.25, 0.3) is 5.56 Å². The summed E-state index contributed by atoms with van der Waals surface area (Å²) >= 11 is 6.02. The van der Waals surface area contributed by atoms with E-state index in [1.54, 1.807) is 6.92 Å². The van der Waals surface area contributed by atoms with Gasteiger partial charge in [-0.3, -0.25) is 14.2 Å². The molecule has 0 atom stereocenters. The Morgan fingerprint density at radius 3 is 2.62 bits per heavy atom. The minimum absolute atomic E-state index is 0.0482. The van der Waals surface area contributed by atoms with E-state index in [1.165, 1.54) is 59.4 Å². The van der Waals surface area contributed by atoms with Crippen LogP contribution >= 0.6 is 11.6 Å². The molecule has 0 saturated carbocycles. The lowest BCUT2D eigenvalue weighted by Crippen LogP contribution is -2.24. The molecule has 4 rings (SSSR count). The van der Waals surface area contributed by atoms with E-state index in [-0.39, 0.29) is 40.3 Å². The van der Waals surface area contributed by atoms with Crippen LogP contribution in [-0.4, -0.2) is 19.7 Å². The number of hydrogen-bond donors (Lipinski definition) is 1. The van der Waals surface area contributed by atoms with Gasteiger partial charge in [-0.2, -0.15) is 5.10 Å². The number of nitrogens with zero attached hydrogens (tertiary/aromatic N) is 4. The fourth-order valence-electron chi connectivity index (χ4n) is 2.96. The summed E-state index contributed by atoms with van der Waals surface area (Å²) in [6.45, 7) is 8.70. The van der Waals surface area contributed by atoms with Crippen molar-refractivity contribution in [1.29, 1.82) is 0 Å². The maximum atomic E-state index is 13.1. The van der Waals surface area contributed by atoms with E-state index in [4.69, 9.17) is 27.6 Å². The van der Waals surface area contributed by atoms with Crippen molar-refractivity contribution in [1.82, 2.24) is 19.7 Å². The van der Waals surface area contributed by atoms with Crippen molar-refractivity contribution in [2.75, 3.05) is 0 Å². The number of aryl methyl sites for hydroxylation is 1. The molecule has 0 aliphatic heterocycles. The summed E-state index contributed by atoms with van der Waals surface area (Å²) in [6.07, 6.45) is 1.32. The third kappa shape index (κ3) is 5.11. The lowest BCUT2D eigenvalue weighted by Gasteiger charge is -2.12. The molecule has 0 unspecified atom stereocenters. The number of aromatic amines is 1. The smallest absolute Gasteiger partial charge is 0.307 e. The van der Waals surface area contributed by atoms with Crippen LogP contribution in [0.1, 0.15) is 11.4 Å². The molecule has 1 N–H and O–H groups in total. The van der Waals surface area contributed by atoms with Crippen molar-refractivity contribution in [2.24, 2.45) is 0 Å². The van der Waals surface area contributed by atoms with Crippen LogP contribution in [0.25, 0.3) is 4.85 Å². The van der Waals surface area contributed by atoms with Crippen LogP contribution in [0.4, 0.5) is 10.1 Å². The molecule has 0 amide bonds. The van der Waals surface area contributed by atoms with Gasteiger partial charge in [-0.1, -0.05) is 11.6 Å². The van der Waals surface area contributed by atoms with Crippen LogP contribution < -0.4 is 20.6 Å². The first-order valence-electron chi connectivity index (χ1n) is 9.76.